The molecule has 0 spiro atoms. The first-order valence-corrected chi connectivity index (χ1v) is 13.5. The lowest BCUT2D eigenvalue weighted by Crippen LogP contribution is -1.93. The molecule has 5 aromatic carbocycles. The summed E-state index contributed by atoms with van der Waals surface area (Å²) in [6, 6.07) is 46.6. The number of rotatable bonds is 3. The van der Waals surface area contributed by atoms with Crippen LogP contribution in [0.15, 0.2) is 140 Å². The van der Waals surface area contributed by atoms with E-state index < -0.39 is 0 Å². The molecule has 186 valence electrons. The normalized spacial score (nSPS) is 11.5. The Labute approximate surface area is 231 Å². The van der Waals surface area contributed by atoms with E-state index in [2.05, 4.69) is 126 Å². The van der Waals surface area contributed by atoms with Crippen molar-refractivity contribution in [2.45, 2.75) is 0 Å². The minimum Gasteiger partial charge on any atom is -0.254 e. The summed E-state index contributed by atoms with van der Waals surface area (Å²) in [6.45, 7) is 0. The van der Waals surface area contributed by atoms with E-state index in [1.54, 1.807) is 0 Å². The molecule has 3 aromatic heterocycles. The predicted octanol–water partition coefficient (Wildman–Crippen LogP) is 9.49. The molecule has 3 heteroatoms. The summed E-state index contributed by atoms with van der Waals surface area (Å²) in [4.78, 5) is 15.0. The van der Waals surface area contributed by atoms with Crippen molar-refractivity contribution in [3.63, 3.8) is 0 Å². The Morgan fingerprint density at radius 1 is 0.450 bits per heavy atom. The van der Waals surface area contributed by atoms with Gasteiger partial charge >= 0.3 is 0 Å². The van der Waals surface area contributed by atoms with E-state index in [0.717, 1.165) is 60.6 Å². The Morgan fingerprint density at radius 2 is 1.20 bits per heavy atom. The number of nitrogens with zero attached hydrogens (tertiary/aromatic N) is 3. The predicted molar refractivity (Wildman–Crippen MR) is 166 cm³/mol. The summed E-state index contributed by atoms with van der Waals surface area (Å²) in [6.07, 6.45) is 1.83. The van der Waals surface area contributed by atoms with Gasteiger partial charge < -0.3 is 0 Å². The van der Waals surface area contributed by atoms with Gasteiger partial charge in [0.25, 0.3) is 0 Å². The zero-order chi connectivity index (χ0) is 26.5. The van der Waals surface area contributed by atoms with E-state index >= 15 is 0 Å². The summed E-state index contributed by atoms with van der Waals surface area (Å²) in [5.74, 6) is 0. The molecule has 0 unspecified atom stereocenters. The molecule has 3 nitrogen and oxygen atoms in total. The molecule has 0 aliphatic rings. The van der Waals surface area contributed by atoms with Crippen LogP contribution in [0.25, 0.3) is 77.1 Å². The molecule has 0 fully saturated rings. The number of fused-ring (bicyclic) bond motifs is 6. The van der Waals surface area contributed by atoms with Gasteiger partial charge in [0.2, 0.25) is 0 Å². The van der Waals surface area contributed by atoms with E-state index in [-0.39, 0.29) is 0 Å². The number of hydrogen-bond donors (Lipinski definition) is 0. The Morgan fingerprint density at radius 3 is 2.02 bits per heavy atom. The van der Waals surface area contributed by atoms with Gasteiger partial charge in [-0.3, -0.25) is 4.98 Å². The molecular formula is C37H23N3. The molecule has 0 amide bonds. The zero-order valence-electron chi connectivity index (χ0n) is 21.6. The summed E-state index contributed by atoms with van der Waals surface area (Å²) in [5.41, 5.74) is 9.22. The Kier molecular flexibility index (Phi) is 5.14. The summed E-state index contributed by atoms with van der Waals surface area (Å²) < 4.78 is 0. The van der Waals surface area contributed by atoms with E-state index in [4.69, 9.17) is 9.97 Å². The van der Waals surface area contributed by atoms with Crippen LogP contribution < -0.4 is 0 Å². The van der Waals surface area contributed by atoms with Gasteiger partial charge in [0.05, 0.1) is 27.9 Å². The van der Waals surface area contributed by atoms with E-state index in [9.17, 15) is 0 Å². The van der Waals surface area contributed by atoms with Crippen LogP contribution in [0, 0.1) is 0 Å². The van der Waals surface area contributed by atoms with Crippen LogP contribution in [0.1, 0.15) is 0 Å². The molecule has 0 aliphatic heterocycles. The maximum Gasteiger partial charge on any atom is 0.0972 e. The van der Waals surface area contributed by atoms with Crippen LogP contribution >= 0.6 is 0 Å². The largest absolute Gasteiger partial charge is 0.254 e. The fraction of sp³-hybridized carbons (Fsp3) is 0. The molecule has 3 heterocycles. The van der Waals surface area contributed by atoms with Crippen LogP contribution in [0.2, 0.25) is 0 Å². The fourth-order valence-electron chi connectivity index (χ4n) is 5.77. The molecule has 8 aromatic rings. The van der Waals surface area contributed by atoms with E-state index in [1.165, 1.54) is 16.5 Å². The maximum atomic E-state index is 5.27. The lowest BCUT2D eigenvalue weighted by Gasteiger charge is -2.15. The molecular weight excluding hydrogens is 486 g/mol. The molecule has 8 rings (SSSR count). The third-order valence-electron chi connectivity index (χ3n) is 7.68. The lowest BCUT2D eigenvalue weighted by atomic mass is 9.92. The molecule has 0 aliphatic carbocycles. The zero-order valence-corrected chi connectivity index (χ0v) is 21.6. The van der Waals surface area contributed by atoms with Gasteiger partial charge in [0, 0.05) is 44.3 Å². The maximum absolute atomic E-state index is 5.27. The molecule has 0 N–H and O–H groups in total. The third-order valence-corrected chi connectivity index (χ3v) is 7.68. The Balaban J connectivity index is 1.41. The van der Waals surface area contributed by atoms with Gasteiger partial charge in [-0.1, -0.05) is 115 Å². The molecule has 0 bridgehead atoms. The minimum absolute atomic E-state index is 0.909. The van der Waals surface area contributed by atoms with Crippen LogP contribution in [-0.2, 0) is 0 Å². The molecule has 0 atom stereocenters. The quantitative estimate of drug-likeness (QED) is 0.223. The first-order chi connectivity index (χ1) is 19.8. The Bertz CT molecular complexity index is 2200. The van der Waals surface area contributed by atoms with Crippen molar-refractivity contribution in [2.75, 3.05) is 0 Å². The number of benzene rings is 5. The molecule has 0 radical (unpaired) electrons. The van der Waals surface area contributed by atoms with Gasteiger partial charge in [-0.15, -0.1) is 0 Å². The van der Waals surface area contributed by atoms with Gasteiger partial charge in [0.15, 0.2) is 0 Å². The molecule has 0 saturated carbocycles. The highest BCUT2D eigenvalue weighted by Gasteiger charge is 2.15. The highest BCUT2D eigenvalue weighted by atomic mass is 14.8. The van der Waals surface area contributed by atoms with Crippen molar-refractivity contribution in [3.8, 4) is 33.6 Å². The van der Waals surface area contributed by atoms with Crippen LogP contribution in [0.3, 0.4) is 0 Å². The van der Waals surface area contributed by atoms with Crippen LogP contribution in [-0.4, -0.2) is 15.0 Å². The molecule has 40 heavy (non-hydrogen) atoms. The summed E-state index contributed by atoms with van der Waals surface area (Å²) >= 11 is 0. The second-order valence-corrected chi connectivity index (χ2v) is 10.1. The Hall–Kier alpha value is -5.41. The smallest absolute Gasteiger partial charge is 0.0972 e. The standard InChI is InChI=1S/C37H23N3/c1-3-9-24(10-4-1)29-14-7-15-31-34(29)30-20-18-28(23-33(30)40-35(31)25-11-5-2-6-12-25)32-21-19-27-17-16-26-13-8-22-38-36(26)37(27)39-32/h1-23H. The summed E-state index contributed by atoms with van der Waals surface area (Å²) in [5, 5.41) is 5.66. The van der Waals surface area contributed by atoms with Crippen molar-refractivity contribution in [3.05, 3.63) is 140 Å². The van der Waals surface area contributed by atoms with E-state index in [1.807, 2.05) is 18.3 Å². The average Bonchev–Trinajstić information content (AvgIpc) is 3.04. The average molecular weight is 510 g/mol. The number of pyridine rings is 3. The fourth-order valence-corrected chi connectivity index (χ4v) is 5.77. The first-order valence-electron chi connectivity index (χ1n) is 13.5. The second-order valence-electron chi connectivity index (χ2n) is 10.1. The highest BCUT2D eigenvalue weighted by molar-refractivity contribution is 6.17. The first kappa shape index (κ1) is 22.6. The lowest BCUT2D eigenvalue weighted by molar-refractivity contribution is 1.37. The van der Waals surface area contributed by atoms with E-state index in [0.29, 0.717) is 0 Å². The minimum atomic E-state index is 0.909. The third kappa shape index (κ3) is 3.63. The van der Waals surface area contributed by atoms with Crippen molar-refractivity contribution in [1.29, 1.82) is 0 Å². The van der Waals surface area contributed by atoms with Crippen molar-refractivity contribution in [1.82, 2.24) is 15.0 Å². The van der Waals surface area contributed by atoms with Crippen molar-refractivity contribution < 1.29 is 0 Å². The molecule has 0 saturated heterocycles. The van der Waals surface area contributed by atoms with Crippen molar-refractivity contribution >= 4 is 43.5 Å². The number of hydrogen-bond acceptors (Lipinski definition) is 3. The monoisotopic (exact) mass is 509 g/mol. The van der Waals surface area contributed by atoms with Gasteiger partial charge in [-0.2, -0.15) is 0 Å². The number of aromatic nitrogens is 3. The van der Waals surface area contributed by atoms with Gasteiger partial charge in [0.1, 0.15) is 0 Å². The summed E-state index contributed by atoms with van der Waals surface area (Å²) in [7, 11) is 0. The van der Waals surface area contributed by atoms with Crippen LogP contribution in [0.5, 0.6) is 0 Å². The van der Waals surface area contributed by atoms with Gasteiger partial charge in [-0.05, 0) is 29.3 Å². The second kappa shape index (κ2) is 9.11. The highest BCUT2D eigenvalue weighted by Crippen LogP contribution is 2.39. The topological polar surface area (TPSA) is 38.7 Å². The van der Waals surface area contributed by atoms with Gasteiger partial charge in [-0.25, -0.2) is 9.97 Å². The van der Waals surface area contributed by atoms with Crippen molar-refractivity contribution in [2.24, 2.45) is 0 Å². The SMILES string of the molecule is c1ccc(-c2nc3cc(-c4ccc5ccc6cccnc6c5n4)ccc3c3c(-c4ccccc4)cccc23)cc1. The van der Waals surface area contributed by atoms with Crippen LogP contribution in [0.4, 0.5) is 0 Å².